The summed E-state index contributed by atoms with van der Waals surface area (Å²) >= 11 is 6.17. The largest absolute Gasteiger partial charge is 0.497 e. The second kappa shape index (κ2) is 8.14. The molecule has 3 heterocycles. The van der Waals surface area contributed by atoms with Gasteiger partial charge in [-0.25, -0.2) is 19.6 Å². The van der Waals surface area contributed by atoms with Gasteiger partial charge in [0.05, 0.1) is 35.1 Å². The third kappa shape index (κ3) is 3.86. The molecule has 0 saturated carbocycles. The molecule has 0 radical (unpaired) electrons. The van der Waals surface area contributed by atoms with E-state index in [0.29, 0.717) is 5.02 Å². The molecule has 5 aromatic rings. The Hall–Kier alpha value is -3.91. The first-order valence-corrected chi connectivity index (χ1v) is 11.1. The molecule has 34 heavy (non-hydrogen) atoms. The van der Waals surface area contributed by atoms with Crippen molar-refractivity contribution in [2.75, 3.05) is 12.8 Å². The first-order chi connectivity index (χ1) is 16.2. The highest BCUT2D eigenvalue weighted by Gasteiger charge is 2.25. The summed E-state index contributed by atoms with van der Waals surface area (Å²) in [6.45, 7) is 6.47. The highest BCUT2D eigenvalue weighted by atomic mass is 35.5. The molecule has 0 spiro atoms. The smallest absolute Gasteiger partial charge is 0.219 e. The Morgan fingerprint density at radius 1 is 0.971 bits per heavy atom. The molecular weight excluding hydrogens is 450 g/mol. The zero-order valence-electron chi connectivity index (χ0n) is 19.3. The Balaban J connectivity index is 1.77. The molecule has 2 aromatic carbocycles. The lowest BCUT2D eigenvalue weighted by Crippen LogP contribution is -2.23. The van der Waals surface area contributed by atoms with Gasteiger partial charge in [0.25, 0.3) is 0 Å². The molecule has 2 N–H and O–H groups in total. The SMILES string of the molecule is COc1ccc(-n2cc(Cl)cn2)c(-c2nc3cc(-c4cnc(N)nc4)ccc3n2C(C)(C)C)c1. The van der Waals surface area contributed by atoms with Crippen LogP contribution in [0.15, 0.2) is 61.2 Å². The molecule has 0 atom stereocenters. The number of hydrogen-bond donors (Lipinski definition) is 1. The number of nitrogens with two attached hydrogens (primary N) is 1. The number of rotatable bonds is 4. The van der Waals surface area contributed by atoms with Crippen LogP contribution in [-0.2, 0) is 5.54 Å². The molecule has 5 rings (SSSR count). The van der Waals surface area contributed by atoms with E-state index >= 15 is 0 Å². The number of imidazole rings is 1. The number of fused-ring (bicyclic) bond motifs is 1. The Morgan fingerprint density at radius 3 is 2.38 bits per heavy atom. The number of nitrogen functional groups attached to an aromatic ring is 1. The number of hydrogen-bond acceptors (Lipinski definition) is 6. The monoisotopic (exact) mass is 473 g/mol. The average molecular weight is 474 g/mol. The standard InChI is InChI=1S/C25H24ClN7O/c1-25(2,3)33-22-7-5-15(16-11-28-24(27)29-12-16)9-20(22)31-23(33)19-10-18(34-4)6-8-21(19)32-14-17(26)13-30-32/h5-14H,1-4H3,(H2,27,28,29). The Kier molecular flexibility index (Phi) is 5.25. The highest BCUT2D eigenvalue weighted by molar-refractivity contribution is 6.30. The predicted molar refractivity (Wildman–Crippen MR) is 134 cm³/mol. The van der Waals surface area contributed by atoms with Crippen LogP contribution in [0.25, 0.3) is 39.2 Å². The molecule has 0 bridgehead atoms. The van der Waals surface area contributed by atoms with Gasteiger partial charge >= 0.3 is 0 Å². The zero-order chi connectivity index (χ0) is 24.0. The van der Waals surface area contributed by atoms with Gasteiger partial charge < -0.3 is 15.0 Å². The van der Waals surface area contributed by atoms with Gasteiger partial charge in [-0.15, -0.1) is 0 Å². The van der Waals surface area contributed by atoms with E-state index in [9.17, 15) is 0 Å². The number of benzene rings is 2. The summed E-state index contributed by atoms with van der Waals surface area (Å²) in [7, 11) is 1.65. The van der Waals surface area contributed by atoms with E-state index in [0.717, 1.165) is 45.0 Å². The fourth-order valence-electron chi connectivity index (χ4n) is 4.06. The number of aromatic nitrogens is 6. The highest BCUT2D eigenvalue weighted by Crippen LogP contribution is 2.37. The van der Waals surface area contributed by atoms with E-state index in [-0.39, 0.29) is 11.5 Å². The zero-order valence-corrected chi connectivity index (χ0v) is 20.1. The third-order valence-corrected chi connectivity index (χ3v) is 5.77. The Morgan fingerprint density at radius 2 is 1.74 bits per heavy atom. The molecule has 172 valence electrons. The average Bonchev–Trinajstić information content (AvgIpc) is 3.42. The van der Waals surface area contributed by atoms with Crippen molar-refractivity contribution in [3.63, 3.8) is 0 Å². The molecule has 8 nitrogen and oxygen atoms in total. The second-order valence-corrected chi connectivity index (χ2v) is 9.40. The van der Waals surface area contributed by atoms with Crippen molar-refractivity contribution in [2.24, 2.45) is 0 Å². The van der Waals surface area contributed by atoms with Crippen molar-refractivity contribution in [1.82, 2.24) is 29.3 Å². The van der Waals surface area contributed by atoms with E-state index in [4.69, 9.17) is 27.1 Å². The number of methoxy groups -OCH3 is 1. The van der Waals surface area contributed by atoms with Crippen LogP contribution >= 0.6 is 11.6 Å². The van der Waals surface area contributed by atoms with Crippen molar-refractivity contribution in [3.05, 3.63) is 66.2 Å². The maximum atomic E-state index is 6.17. The minimum absolute atomic E-state index is 0.244. The van der Waals surface area contributed by atoms with Crippen molar-refractivity contribution in [3.8, 4) is 34.0 Å². The topological polar surface area (TPSA) is 96.7 Å². The van der Waals surface area contributed by atoms with Gasteiger partial charge in [-0.3, -0.25) is 0 Å². The van der Waals surface area contributed by atoms with Crippen molar-refractivity contribution < 1.29 is 4.74 Å². The molecule has 0 unspecified atom stereocenters. The lowest BCUT2D eigenvalue weighted by atomic mass is 10.0. The van der Waals surface area contributed by atoms with Crippen molar-refractivity contribution >= 4 is 28.6 Å². The van der Waals surface area contributed by atoms with Crippen LogP contribution in [-0.4, -0.2) is 36.4 Å². The Bertz CT molecular complexity index is 1500. The molecule has 9 heteroatoms. The number of halogens is 1. The lowest BCUT2D eigenvalue weighted by Gasteiger charge is -2.25. The van der Waals surface area contributed by atoms with Crippen LogP contribution in [0.2, 0.25) is 5.02 Å². The maximum absolute atomic E-state index is 6.17. The maximum Gasteiger partial charge on any atom is 0.219 e. The summed E-state index contributed by atoms with van der Waals surface area (Å²) < 4.78 is 9.52. The van der Waals surface area contributed by atoms with E-state index in [1.807, 2.05) is 30.3 Å². The quantitative estimate of drug-likeness (QED) is 0.378. The van der Waals surface area contributed by atoms with E-state index in [1.54, 1.807) is 36.6 Å². The second-order valence-electron chi connectivity index (χ2n) is 8.96. The number of ether oxygens (including phenoxy) is 1. The number of anilines is 1. The summed E-state index contributed by atoms with van der Waals surface area (Å²) in [5, 5.41) is 4.97. The summed E-state index contributed by atoms with van der Waals surface area (Å²) in [6.07, 6.45) is 6.82. The molecule has 0 aliphatic rings. The fourth-order valence-corrected chi connectivity index (χ4v) is 4.20. The van der Waals surface area contributed by atoms with Crippen LogP contribution in [0.4, 0.5) is 5.95 Å². The lowest BCUT2D eigenvalue weighted by molar-refractivity contribution is 0.410. The summed E-state index contributed by atoms with van der Waals surface area (Å²) in [5.74, 6) is 1.77. The molecule has 0 aliphatic carbocycles. The summed E-state index contributed by atoms with van der Waals surface area (Å²) in [5.41, 5.74) is 10.8. The van der Waals surface area contributed by atoms with Gasteiger partial charge in [0.2, 0.25) is 5.95 Å². The van der Waals surface area contributed by atoms with Gasteiger partial charge in [0.15, 0.2) is 0 Å². The first kappa shape index (κ1) is 21.9. The molecule has 0 aliphatic heterocycles. The van der Waals surface area contributed by atoms with Crippen LogP contribution in [0.1, 0.15) is 20.8 Å². The summed E-state index contributed by atoms with van der Waals surface area (Å²) in [4.78, 5) is 13.3. The van der Waals surface area contributed by atoms with E-state index < -0.39 is 0 Å². The van der Waals surface area contributed by atoms with Crippen LogP contribution < -0.4 is 10.5 Å². The Labute approximate surface area is 202 Å². The van der Waals surface area contributed by atoms with Crippen molar-refractivity contribution in [2.45, 2.75) is 26.3 Å². The molecule has 0 amide bonds. The van der Waals surface area contributed by atoms with Gasteiger partial charge in [-0.05, 0) is 56.7 Å². The van der Waals surface area contributed by atoms with Gasteiger partial charge in [0.1, 0.15) is 11.6 Å². The number of nitrogens with zero attached hydrogens (tertiary/aromatic N) is 6. The molecule has 3 aromatic heterocycles. The molecule has 0 fully saturated rings. The van der Waals surface area contributed by atoms with Crippen LogP contribution in [0.3, 0.4) is 0 Å². The minimum atomic E-state index is -0.252. The van der Waals surface area contributed by atoms with Crippen LogP contribution in [0, 0.1) is 0 Å². The molecular formula is C25H24ClN7O. The normalized spacial score (nSPS) is 11.8. The van der Waals surface area contributed by atoms with Gasteiger partial charge in [-0.1, -0.05) is 17.7 Å². The van der Waals surface area contributed by atoms with E-state index in [1.165, 1.54) is 0 Å². The predicted octanol–water partition coefficient (Wildman–Crippen LogP) is 5.35. The minimum Gasteiger partial charge on any atom is -0.497 e. The van der Waals surface area contributed by atoms with Crippen LogP contribution in [0.5, 0.6) is 5.75 Å². The summed E-state index contributed by atoms with van der Waals surface area (Å²) in [6, 6.07) is 12.0. The first-order valence-electron chi connectivity index (χ1n) is 10.7. The van der Waals surface area contributed by atoms with Gasteiger partial charge in [-0.2, -0.15) is 5.10 Å². The molecule has 0 saturated heterocycles. The van der Waals surface area contributed by atoms with Gasteiger partial charge in [0, 0.05) is 35.3 Å². The third-order valence-electron chi connectivity index (χ3n) is 5.57. The van der Waals surface area contributed by atoms with Crippen molar-refractivity contribution in [1.29, 1.82) is 0 Å². The van der Waals surface area contributed by atoms with E-state index in [2.05, 4.69) is 46.5 Å². The fraction of sp³-hybridized carbons (Fsp3) is 0.200.